The molecule has 2 rings (SSSR count). The molecular formula is C10H8F2N2O. The van der Waals surface area contributed by atoms with Gasteiger partial charge < -0.3 is 10.3 Å². The van der Waals surface area contributed by atoms with Crippen LogP contribution in [0.15, 0.2) is 28.8 Å². The first-order valence-electron chi connectivity index (χ1n) is 4.31. The van der Waals surface area contributed by atoms with Gasteiger partial charge in [0.1, 0.15) is 17.3 Å². The molecule has 1 heterocycles. The first-order chi connectivity index (χ1) is 7.19. The summed E-state index contributed by atoms with van der Waals surface area (Å²) in [5, 5.41) is 3.65. The number of rotatable bonds is 2. The van der Waals surface area contributed by atoms with Gasteiger partial charge in [-0.2, -0.15) is 0 Å². The number of halogens is 2. The molecule has 0 aliphatic carbocycles. The molecular weight excluding hydrogens is 202 g/mol. The molecule has 0 aliphatic rings. The molecule has 2 N–H and O–H groups in total. The molecule has 0 fully saturated rings. The van der Waals surface area contributed by atoms with Gasteiger partial charge in [0.2, 0.25) is 0 Å². The van der Waals surface area contributed by atoms with Crippen molar-refractivity contribution >= 4 is 0 Å². The Kier molecular flexibility index (Phi) is 2.47. The molecule has 0 saturated heterocycles. The second kappa shape index (κ2) is 3.78. The minimum Gasteiger partial charge on any atom is -0.359 e. The van der Waals surface area contributed by atoms with Crippen LogP contribution in [0.1, 0.15) is 5.76 Å². The fourth-order valence-electron chi connectivity index (χ4n) is 1.25. The normalized spacial score (nSPS) is 10.6. The molecule has 5 heteroatoms. The van der Waals surface area contributed by atoms with Crippen LogP contribution in [0.25, 0.3) is 11.3 Å². The van der Waals surface area contributed by atoms with Crippen LogP contribution < -0.4 is 5.73 Å². The van der Waals surface area contributed by atoms with Crippen LogP contribution in [-0.4, -0.2) is 5.16 Å². The topological polar surface area (TPSA) is 52.0 Å². The van der Waals surface area contributed by atoms with Crippen molar-refractivity contribution in [2.24, 2.45) is 5.73 Å². The summed E-state index contributed by atoms with van der Waals surface area (Å²) in [6.45, 7) is 0.199. The molecule has 1 aromatic carbocycles. The average molecular weight is 210 g/mol. The first-order valence-corrected chi connectivity index (χ1v) is 4.31. The highest BCUT2D eigenvalue weighted by atomic mass is 19.1. The number of hydrogen-bond donors (Lipinski definition) is 1. The second-order valence-electron chi connectivity index (χ2n) is 3.04. The Morgan fingerprint density at radius 3 is 2.33 bits per heavy atom. The Bertz CT molecular complexity index is 462. The van der Waals surface area contributed by atoms with Crippen molar-refractivity contribution < 1.29 is 13.3 Å². The van der Waals surface area contributed by atoms with Crippen molar-refractivity contribution in [2.45, 2.75) is 6.54 Å². The van der Waals surface area contributed by atoms with Crippen molar-refractivity contribution in [3.05, 3.63) is 41.7 Å². The number of hydrogen-bond acceptors (Lipinski definition) is 3. The Morgan fingerprint density at radius 1 is 1.13 bits per heavy atom. The quantitative estimate of drug-likeness (QED) is 0.825. The molecule has 3 nitrogen and oxygen atoms in total. The molecule has 0 bridgehead atoms. The van der Waals surface area contributed by atoms with E-state index >= 15 is 0 Å². The molecule has 78 valence electrons. The van der Waals surface area contributed by atoms with E-state index in [0.717, 1.165) is 6.07 Å². The number of nitrogens with two attached hydrogens (primary N) is 1. The Morgan fingerprint density at radius 2 is 1.80 bits per heavy atom. The van der Waals surface area contributed by atoms with Gasteiger partial charge in [-0.05, 0) is 12.1 Å². The van der Waals surface area contributed by atoms with Gasteiger partial charge in [0, 0.05) is 17.7 Å². The highest BCUT2D eigenvalue weighted by Gasteiger charge is 2.08. The highest BCUT2D eigenvalue weighted by molar-refractivity contribution is 5.58. The Balaban J connectivity index is 2.44. The summed E-state index contributed by atoms with van der Waals surface area (Å²) in [6.07, 6.45) is 0. The predicted octanol–water partition coefficient (Wildman–Crippen LogP) is 2.08. The van der Waals surface area contributed by atoms with E-state index in [2.05, 4.69) is 5.16 Å². The van der Waals surface area contributed by atoms with Gasteiger partial charge in [-0.15, -0.1) is 0 Å². The monoisotopic (exact) mass is 210 g/mol. The highest BCUT2D eigenvalue weighted by Crippen LogP contribution is 2.21. The zero-order valence-electron chi connectivity index (χ0n) is 7.71. The molecule has 0 saturated carbocycles. The molecule has 0 amide bonds. The van der Waals surface area contributed by atoms with E-state index in [0.29, 0.717) is 17.0 Å². The van der Waals surface area contributed by atoms with Gasteiger partial charge in [-0.1, -0.05) is 5.16 Å². The molecule has 15 heavy (non-hydrogen) atoms. The molecule has 0 spiro atoms. The SMILES string of the molecule is NCc1cc(-c2cc(F)cc(F)c2)no1. The molecule has 0 radical (unpaired) electrons. The largest absolute Gasteiger partial charge is 0.359 e. The first kappa shape index (κ1) is 9.79. The van der Waals surface area contributed by atoms with E-state index in [-0.39, 0.29) is 6.54 Å². The fourth-order valence-corrected chi connectivity index (χ4v) is 1.25. The molecule has 0 atom stereocenters. The predicted molar refractivity (Wildman–Crippen MR) is 49.7 cm³/mol. The molecule has 2 aromatic rings. The van der Waals surface area contributed by atoms with Crippen molar-refractivity contribution in [1.82, 2.24) is 5.16 Å². The Labute approximate surface area is 84.5 Å². The van der Waals surface area contributed by atoms with E-state index in [1.165, 1.54) is 12.1 Å². The van der Waals surface area contributed by atoms with Crippen LogP contribution in [0.4, 0.5) is 8.78 Å². The fraction of sp³-hybridized carbons (Fsp3) is 0.100. The lowest BCUT2D eigenvalue weighted by Crippen LogP contribution is -1.92. The lowest BCUT2D eigenvalue weighted by atomic mass is 10.1. The summed E-state index contributed by atoms with van der Waals surface area (Å²) in [4.78, 5) is 0. The molecule has 1 aromatic heterocycles. The summed E-state index contributed by atoms with van der Waals surface area (Å²) in [5.41, 5.74) is 6.02. The van der Waals surface area contributed by atoms with Gasteiger partial charge in [-0.3, -0.25) is 0 Å². The van der Waals surface area contributed by atoms with Gasteiger partial charge >= 0.3 is 0 Å². The summed E-state index contributed by atoms with van der Waals surface area (Å²) in [5.74, 6) is -0.834. The Hall–Kier alpha value is -1.75. The van der Waals surface area contributed by atoms with Crippen molar-refractivity contribution in [1.29, 1.82) is 0 Å². The van der Waals surface area contributed by atoms with E-state index < -0.39 is 11.6 Å². The van der Waals surface area contributed by atoms with Crippen LogP contribution in [0.5, 0.6) is 0 Å². The second-order valence-corrected chi connectivity index (χ2v) is 3.04. The van der Waals surface area contributed by atoms with Crippen LogP contribution >= 0.6 is 0 Å². The minimum atomic E-state index is -0.651. The zero-order valence-corrected chi connectivity index (χ0v) is 7.71. The van der Waals surface area contributed by atoms with E-state index in [1.807, 2.05) is 0 Å². The summed E-state index contributed by atoms with van der Waals surface area (Å²) < 4.78 is 30.6. The van der Waals surface area contributed by atoms with Crippen LogP contribution in [0, 0.1) is 11.6 Å². The van der Waals surface area contributed by atoms with Gasteiger partial charge in [0.25, 0.3) is 0 Å². The smallest absolute Gasteiger partial charge is 0.150 e. The lowest BCUT2D eigenvalue weighted by molar-refractivity contribution is 0.387. The van der Waals surface area contributed by atoms with Gasteiger partial charge in [0.05, 0.1) is 6.54 Å². The third kappa shape index (κ3) is 2.02. The average Bonchev–Trinajstić information content (AvgIpc) is 2.64. The maximum absolute atomic E-state index is 12.9. The summed E-state index contributed by atoms with van der Waals surface area (Å²) in [6, 6.07) is 4.71. The number of aromatic nitrogens is 1. The maximum atomic E-state index is 12.9. The van der Waals surface area contributed by atoms with E-state index in [4.69, 9.17) is 10.3 Å². The standard InChI is InChI=1S/C10H8F2N2O/c11-7-1-6(2-8(12)3-7)10-4-9(5-13)15-14-10/h1-4H,5,13H2. The summed E-state index contributed by atoms with van der Waals surface area (Å²) >= 11 is 0. The number of nitrogens with zero attached hydrogens (tertiary/aromatic N) is 1. The number of benzene rings is 1. The van der Waals surface area contributed by atoms with Gasteiger partial charge in [-0.25, -0.2) is 8.78 Å². The van der Waals surface area contributed by atoms with Crippen molar-refractivity contribution in [2.75, 3.05) is 0 Å². The van der Waals surface area contributed by atoms with Crippen LogP contribution in [0.2, 0.25) is 0 Å². The molecule has 0 aliphatic heterocycles. The summed E-state index contributed by atoms with van der Waals surface area (Å²) in [7, 11) is 0. The van der Waals surface area contributed by atoms with Crippen LogP contribution in [0.3, 0.4) is 0 Å². The maximum Gasteiger partial charge on any atom is 0.150 e. The van der Waals surface area contributed by atoms with Crippen LogP contribution in [-0.2, 0) is 6.54 Å². The zero-order chi connectivity index (χ0) is 10.8. The third-order valence-corrected chi connectivity index (χ3v) is 1.92. The lowest BCUT2D eigenvalue weighted by Gasteiger charge is -1.96. The van der Waals surface area contributed by atoms with E-state index in [1.54, 1.807) is 6.07 Å². The minimum absolute atomic E-state index is 0.199. The van der Waals surface area contributed by atoms with Gasteiger partial charge in [0.15, 0.2) is 5.76 Å². The van der Waals surface area contributed by atoms with Crippen molar-refractivity contribution in [3.8, 4) is 11.3 Å². The van der Waals surface area contributed by atoms with E-state index in [9.17, 15) is 8.78 Å². The molecule has 0 unspecified atom stereocenters. The third-order valence-electron chi connectivity index (χ3n) is 1.92. The van der Waals surface area contributed by atoms with Crippen molar-refractivity contribution in [3.63, 3.8) is 0 Å².